The van der Waals surface area contributed by atoms with Gasteiger partial charge in [-0.2, -0.15) is 5.06 Å². The second kappa shape index (κ2) is 4.27. The lowest BCUT2D eigenvalue weighted by atomic mass is 9.96. The maximum Gasteiger partial charge on any atom is 0.320 e. The third-order valence-electron chi connectivity index (χ3n) is 2.93. The van der Waals surface area contributed by atoms with Crippen LogP contribution in [0.1, 0.15) is 0 Å². The third-order valence-corrected chi connectivity index (χ3v) is 2.93. The summed E-state index contributed by atoms with van der Waals surface area (Å²) in [5, 5.41) is 39.1. The van der Waals surface area contributed by atoms with Crippen molar-refractivity contribution in [2.45, 2.75) is 17.9 Å². The number of morpholine rings is 1. The van der Waals surface area contributed by atoms with Crippen LogP contribution in [0, 0.1) is 0 Å². The molecule has 4 N–H and O–H groups in total. The van der Waals surface area contributed by atoms with Crippen LogP contribution in [0.4, 0.5) is 0 Å². The molecule has 19 heavy (non-hydrogen) atoms. The average molecular weight is 275 g/mol. The van der Waals surface area contributed by atoms with E-state index in [4.69, 9.17) is 14.2 Å². The van der Waals surface area contributed by atoms with Gasteiger partial charge in [0.25, 0.3) is 6.29 Å². The molecule has 1 heterocycles. The number of aliphatic hydroxyl groups is 3. The molecule has 106 valence electrons. The molecule has 0 spiro atoms. The monoisotopic (exact) mass is 275 g/mol. The largest absolute Gasteiger partial charge is 0.453 e. The lowest BCUT2D eigenvalue weighted by molar-refractivity contribution is -0.331. The van der Waals surface area contributed by atoms with E-state index in [1.54, 1.807) is 0 Å². The van der Waals surface area contributed by atoms with Crippen molar-refractivity contribution in [3.05, 3.63) is 23.6 Å². The molecule has 1 aliphatic carbocycles. The Balaban J connectivity index is 2.52. The Morgan fingerprint density at radius 3 is 2.32 bits per heavy atom. The molecule has 3 atom stereocenters. The van der Waals surface area contributed by atoms with Gasteiger partial charge in [0.05, 0.1) is 0 Å². The molecule has 1 aliphatic heterocycles. The zero-order chi connectivity index (χ0) is 14.4. The molecule has 1 amide bonds. The van der Waals surface area contributed by atoms with Crippen molar-refractivity contribution in [1.82, 2.24) is 5.06 Å². The van der Waals surface area contributed by atoms with Crippen molar-refractivity contribution in [3.63, 3.8) is 0 Å². The van der Waals surface area contributed by atoms with Gasteiger partial charge >= 0.3 is 5.91 Å². The van der Waals surface area contributed by atoms with E-state index in [1.165, 1.54) is 0 Å². The van der Waals surface area contributed by atoms with Crippen LogP contribution in [0.3, 0.4) is 0 Å². The number of nitrogens with zero attached hydrogens (tertiary/aromatic N) is 1. The number of amides is 1. The summed E-state index contributed by atoms with van der Waals surface area (Å²) in [7, 11) is 2.18. The van der Waals surface area contributed by atoms with Gasteiger partial charge in [-0.3, -0.25) is 10.0 Å². The Morgan fingerprint density at radius 1 is 1.26 bits per heavy atom. The number of ether oxygens (including phenoxy) is 3. The number of hydrogen-bond donors (Lipinski definition) is 4. The molecule has 0 bridgehead atoms. The highest BCUT2D eigenvalue weighted by Gasteiger charge is 2.54. The number of hydrogen-bond acceptors (Lipinski definition) is 8. The molecular formula is C10H13NO8. The summed E-state index contributed by atoms with van der Waals surface area (Å²) in [4.78, 5) is 11.3. The Kier molecular flexibility index (Phi) is 3.13. The molecular weight excluding hydrogens is 262 g/mol. The summed E-state index contributed by atoms with van der Waals surface area (Å²) in [6.45, 7) is 0. The summed E-state index contributed by atoms with van der Waals surface area (Å²) in [5.74, 6) is -6.07. The van der Waals surface area contributed by atoms with Crippen LogP contribution in [0.15, 0.2) is 23.6 Å². The second-order valence-corrected chi connectivity index (χ2v) is 3.96. The highest BCUT2D eigenvalue weighted by molar-refractivity contribution is 5.82. The van der Waals surface area contributed by atoms with E-state index < -0.39 is 23.8 Å². The van der Waals surface area contributed by atoms with Crippen LogP contribution in [0.2, 0.25) is 0 Å². The van der Waals surface area contributed by atoms with Crippen molar-refractivity contribution in [3.8, 4) is 0 Å². The predicted molar refractivity (Wildman–Crippen MR) is 55.8 cm³/mol. The zero-order valence-electron chi connectivity index (χ0n) is 10.1. The molecule has 0 radical (unpaired) electrons. The summed E-state index contributed by atoms with van der Waals surface area (Å²) in [6, 6.07) is 0. The van der Waals surface area contributed by atoms with E-state index >= 15 is 0 Å². The van der Waals surface area contributed by atoms with Gasteiger partial charge in [0, 0.05) is 26.4 Å². The highest BCUT2D eigenvalue weighted by atomic mass is 16.7. The van der Waals surface area contributed by atoms with Gasteiger partial charge < -0.3 is 29.5 Å². The topological polar surface area (TPSA) is 129 Å². The quantitative estimate of drug-likeness (QED) is 0.336. The minimum absolute atomic E-state index is 0.0826. The van der Waals surface area contributed by atoms with Gasteiger partial charge in [0.1, 0.15) is 5.70 Å². The normalized spacial score (nSPS) is 38.3. The minimum Gasteiger partial charge on any atom is -0.453 e. The first-order valence-corrected chi connectivity index (χ1v) is 5.16. The maximum absolute atomic E-state index is 11.3. The standard InChI is InChI=1S/C10H13NO8/c1-17-9(14)3-5-6(4-10(9,15)18-2)19-8(13)7(12)11(5)16/h3-4,8,13-16H,1-2H3. The van der Waals surface area contributed by atoms with Crippen molar-refractivity contribution < 1.29 is 39.5 Å². The fraction of sp³-hybridized carbons (Fsp3) is 0.500. The molecule has 1 saturated heterocycles. The number of aliphatic hydroxyl groups excluding tert-OH is 1. The van der Waals surface area contributed by atoms with Crippen LogP contribution in [-0.2, 0) is 19.0 Å². The van der Waals surface area contributed by atoms with E-state index in [2.05, 4.69) is 0 Å². The molecule has 2 aliphatic rings. The molecule has 3 unspecified atom stereocenters. The minimum atomic E-state index is -2.35. The first-order valence-electron chi connectivity index (χ1n) is 5.16. The highest BCUT2D eigenvalue weighted by Crippen LogP contribution is 2.39. The average Bonchev–Trinajstić information content (AvgIpc) is 2.39. The molecule has 0 aromatic rings. The predicted octanol–water partition coefficient (Wildman–Crippen LogP) is -2.00. The molecule has 2 rings (SSSR count). The Morgan fingerprint density at radius 2 is 1.79 bits per heavy atom. The second-order valence-electron chi connectivity index (χ2n) is 3.96. The number of hydroxylamine groups is 2. The van der Waals surface area contributed by atoms with Crippen molar-refractivity contribution in [1.29, 1.82) is 0 Å². The Bertz CT molecular complexity index is 474. The number of carbonyl (C=O) groups excluding carboxylic acids is 1. The summed E-state index contributed by atoms with van der Waals surface area (Å²) in [5.41, 5.74) is -0.290. The summed E-state index contributed by atoms with van der Waals surface area (Å²) < 4.78 is 14.3. The lowest BCUT2D eigenvalue weighted by Crippen LogP contribution is -2.58. The number of carbonyl (C=O) groups is 1. The molecule has 1 fully saturated rings. The van der Waals surface area contributed by atoms with Crippen LogP contribution >= 0.6 is 0 Å². The summed E-state index contributed by atoms with van der Waals surface area (Å²) in [6.07, 6.45) is -0.233. The number of fused-ring (bicyclic) bond motifs is 1. The van der Waals surface area contributed by atoms with Gasteiger partial charge in [-0.1, -0.05) is 0 Å². The SMILES string of the molecule is COC1(O)C=C2OC(O)C(=O)N(O)C2=CC1(O)OC. The molecule has 0 aromatic heterocycles. The van der Waals surface area contributed by atoms with E-state index in [-0.39, 0.29) is 16.5 Å². The Hall–Kier alpha value is -1.49. The lowest BCUT2D eigenvalue weighted by Gasteiger charge is -2.42. The van der Waals surface area contributed by atoms with Gasteiger partial charge in [-0.05, 0) is 0 Å². The molecule has 9 nitrogen and oxygen atoms in total. The fourth-order valence-electron chi connectivity index (χ4n) is 1.78. The van der Waals surface area contributed by atoms with Crippen molar-refractivity contribution in [2.75, 3.05) is 14.2 Å². The van der Waals surface area contributed by atoms with Crippen LogP contribution in [-0.4, -0.2) is 63.6 Å². The molecule has 0 saturated carbocycles. The van der Waals surface area contributed by atoms with Crippen molar-refractivity contribution in [2.24, 2.45) is 0 Å². The maximum atomic E-state index is 11.3. The zero-order valence-corrected chi connectivity index (χ0v) is 10.1. The summed E-state index contributed by atoms with van der Waals surface area (Å²) >= 11 is 0. The number of methoxy groups -OCH3 is 2. The molecule has 0 aromatic carbocycles. The smallest absolute Gasteiger partial charge is 0.320 e. The fourth-order valence-corrected chi connectivity index (χ4v) is 1.78. The molecule has 9 heteroatoms. The van der Waals surface area contributed by atoms with E-state index in [0.717, 1.165) is 26.4 Å². The number of rotatable bonds is 2. The van der Waals surface area contributed by atoms with Gasteiger partial charge in [-0.25, -0.2) is 0 Å². The van der Waals surface area contributed by atoms with Gasteiger partial charge in [-0.15, -0.1) is 0 Å². The van der Waals surface area contributed by atoms with E-state index in [0.29, 0.717) is 0 Å². The van der Waals surface area contributed by atoms with Gasteiger partial charge in [0.2, 0.25) is 11.6 Å². The first-order chi connectivity index (χ1) is 8.78. The van der Waals surface area contributed by atoms with Crippen LogP contribution in [0.25, 0.3) is 0 Å². The van der Waals surface area contributed by atoms with Gasteiger partial charge in [0.15, 0.2) is 5.76 Å². The van der Waals surface area contributed by atoms with Crippen molar-refractivity contribution >= 4 is 5.91 Å². The van der Waals surface area contributed by atoms with Crippen LogP contribution in [0.5, 0.6) is 0 Å². The first kappa shape index (κ1) is 13.9. The van der Waals surface area contributed by atoms with Crippen LogP contribution < -0.4 is 0 Å². The Labute approximate surface area is 107 Å². The van der Waals surface area contributed by atoms with E-state index in [1.807, 2.05) is 0 Å². The van der Waals surface area contributed by atoms with E-state index in [9.17, 15) is 25.3 Å². The third kappa shape index (κ3) is 1.84.